The van der Waals surface area contributed by atoms with Gasteiger partial charge in [0.05, 0.1) is 7.11 Å². The largest absolute Gasteiger partial charge is 0.497 e. The molecule has 1 aliphatic rings. The smallest absolute Gasteiger partial charge is 0.166 e. The maximum atomic E-state index is 12.5. The monoisotopic (exact) mass is 295 g/mol. The number of rotatable bonds is 4. The lowest BCUT2D eigenvalue weighted by atomic mass is 9.93. The lowest BCUT2D eigenvalue weighted by Gasteiger charge is -2.10. The Hall–Kier alpha value is -2.49. The SMILES string of the molecule is COc1ccc2c(c1)CC(Cc1ccncc1C(C)=O)C2=O. The van der Waals surface area contributed by atoms with Crippen LogP contribution in [0.3, 0.4) is 0 Å². The minimum atomic E-state index is -0.123. The van der Waals surface area contributed by atoms with Crippen molar-refractivity contribution in [2.45, 2.75) is 19.8 Å². The molecule has 0 radical (unpaired) electrons. The van der Waals surface area contributed by atoms with E-state index in [0.29, 0.717) is 18.4 Å². The van der Waals surface area contributed by atoms with Crippen LogP contribution in [0.15, 0.2) is 36.7 Å². The van der Waals surface area contributed by atoms with Gasteiger partial charge in [0.15, 0.2) is 11.6 Å². The van der Waals surface area contributed by atoms with E-state index in [0.717, 1.165) is 22.4 Å². The third-order valence-electron chi connectivity index (χ3n) is 4.17. The number of methoxy groups -OCH3 is 1. The van der Waals surface area contributed by atoms with Crippen molar-refractivity contribution in [3.63, 3.8) is 0 Å². The topological polar surface area (TPSA) is 56.3 Å². The molecular formula is C18H17NO3. The van der Waals surface area contributed by atoms with Crippen LogP contribution in [-0.2, 0) is 12.8 Å². The first-order chi connectivity index (χ1) is 10.6. The van der Waals surface area contributed by atoms with Gasteiger partial charge in [0.1, 0.15) is 5.75 Å². The molecule has 1 aromatic heterocycles. The van der Waals surface area contributed by atoms with Gasteiger partial charge in [0.2, 0.25) is 0 Å². The number of pyridine rings is 1. The van der Waals surface area contributed by atoms with Crippen LogP contribution in [0.5, 0.6) is 5.75 Å². The molecule has 112 valence electrons. The molecule has 0 N–H and O–H groups in total. The van der Waals surface area contributed by atoms with Gasteiger partial charge in [-0.25, -0.2) is 0 Å². The van der Waals surface area contributed by atoms with E-state index < -0.39 is 0 Å². The highest BCUT2D eigenvalue weighted by molar-refractivity contribution is 6.03. The van der Waals surface area contributed by atoms with E-state index in [1.165, 1.54) is 6.92 Å². The van der Waals surface area contributed by atoms with Gasteiger partial charge in [-0.15, -0.1) is 0 Å². The third kappa shape index (κ3) is 2.52. The minimum Gasteiger partial charge on any atom is -0.497 e. The van der Waals surface area contributed by atoms with Crippen molar-refractivity contribution in [2.24, 2.45) is 5.92 Å². The summed E-state index contributed by atoms with van der Waals surface area (Å²) in [5.41, 5.74) is 3.28. The zero-order valence-electron chi connectivity index (χ0n) is 12.6. The summed E-state index contributed by atoms with van der Waals surface area (Å²) in [6, 6.07) is 7.39. The number of carbonyl (C=O) groups is 2. The Morgan fingerprint density at radius 2 is 2.18 bits per heavy atom. The Morgan fingerprint density at radius 1 is 1.36 bits per heavy atom. The highest BCUT2D eigenvalue weighted by atomic mass is 16.5. The number of fused-ring (bicyclic) bond motifs is 1. The molecule has 0 saturated carbocycles. The number of hydrogen-bond acceptors (Lipinski definition) is 4. The molecule has 4 nitrogen and oxygen atoms in total. The van der Waals surface area contributed by atoms with Crippen LogP contribution in [0.1, 0.15) is 38.8 Å². The number of aromatic nitrogens is 1. The van der Waals surface area contributed by atoms with Crippen molar-refractivity contribution in [2.75, 3.05) is 7.11 Å². The zero-order valence-corrected chi connectivity index (χ0v) is 12.6. The van der Waals surface area contributed by atoms with E-state index in [1.807, 2.05) is 24.3 Å². The van der Waals surface area contributed by atoms with E-state index in [2.05, 4.69) is 4.98 Å². The molecule has 1 heterocycles. The molecule has 0 saturated heterocycles. The molecule has 4 heteroatoms. The Kier molecular flexibility index (Phi) is 3.75. The van der Waals surface area contributed by atoms with Crippen molar-refractivity contribution in [1.29, 1.82) is 0 Å². The average Bonchev–Trinajstić information content (AvgIpc) is 2.83. The normalized spacial score (nSPS) is 16.5. The highest BCUT2D eigenvalue weighted by Gasteiger charge is 2.31. The number of benzene rings is 1. The molecule has 1 aromatic carbocycles. The molecule has 0 spiro atoms. The summed E-state index contributed by atoms with van der Waals surface area (Å²) in [5.74, 6) is 0.764. The predicted molar refractivity (Wildman–Crippen MR) is 82.5 cm³/mol. The number of Topliss-reactive ketones (excluding diaryl/α,β-unsaturated/α-hetero) is 2. The van der Waals surface area contributed by atoms with E-state index in [1.54, 1.807) is 19.5 Å². The van der Waals surface area contributed by atoms with Crippen molar-refractivity contribution in [3.05, 3.63) is 58.9 Å². The van der Waals surface area contributed by atoms with Gasteiger partial charge in [-0.2, -0.15) is 0 Å². The summed E-state index contributed by atoms with van der Waals surface area (Å²) in [7, 11) is 1.62. The molecule has 0 aliphatic heterocycles. The summed E-state index contributed by atoms with van der Waals surface area (Å²) in [4.78, 5) is 28.2. The third-order valence-corrected chi connectivity index (χ3v) is 4.17. The van der Waals surface area contributed by atoms with E-state index in [-0.39, 0.29) is 17.5 Å². The van der Waals surface area contributed by atoms with Crippen LogP contribution in [-0.4, -0.2) is 23.7 Å². The van der Waals surface area contributed by atoms with Crippen molar-refractivity contribution in [1.82, 2.24) is 4.98 Å². The molecule has 0 bridgehead atoms. The Morgan fingerprint density at radius 3 is 2.91 bits per heavy atom. The van der Waals surface area contributed by atoms with Gasteiger partial charge in [-0.05, 0) is 55.2 Å². The lowest BCUT2D eigenvalue weighted by Crippen LogP contribution is -2.14. The molecule has 1 atom stereocenters. The molecule has 1 unspecified atom stereocenters. The Bertz CT molecular complexity index is 752. The fraction of sp³-hybridized carbons (Fsp3) is 0.278. The molecule has 0 fully saturated rings. The lowest BCUT2D eigenvalue weighted by molar-refractivity contribution is 0.0933. The number of hydrogen-bond donors (Lipinski definition) is 0. The maximum Gasteiger partial charge on any atom is 0.166 e. The first-order valence-corrected chi connectivity index (χ1v) is 7.25. The second-order valence-corrected chi connectivity index (χ2v) is 5.58. The second kappa shape index (κ2) is 5.72. The summed E-state index contributed by atoms with van der Waals surface area (Å²) >= 11 is 0. The summed E-state index contributed by atoms with van der Waals surface area (Å²) < 4.78 is 5.21. The van der Waals surface area contributed by atoms with Gasteiger partial charge in [-0.3, -0.25) is 14.6 Å². The summed E-state index contributed by atoms with van der Waals surface area (Å²) in [6.45, 7) is 1.52. The van der Waals surface area contributed by atoms with Gasteiger partial charge in [-0.1, -0.05) is 0 Å². The van der Waals surface area contributed by atoms with Gasteiger partial charge in [0.25, 0.3) is 0 Å². The highest BCUT2D eigenvalue weighted by Crippen LogP contribution is 2.32. The standard InChI is InChI=1S/C18H17NO3/c1-11(20)17-10-19-6-5-12(17)7-14-8-13-9-15(22-2)3-4-16(13)18(14)21/h3-6,9-10,14H,7-8H2,1-2H3. The number of ether oxygens (including phenoxy) is 1. The Balaban J connectivity index is 1.87. The molecule has 0 amide bonds. The van der Waals surface area contributed by atoms with Gasteiger partial charge >= 0.3 is 0 Å². The maximum absolute atomic E-state index is 12.5. The van der Waals surface area contributed by atoms with Crippen LogP contribution in [0.4, 0.5) is 0 Å². The number of carbonyl (C=O) groups excluding carboxylic acids is 2. The van der Waals surface area contributed by atoms with E-state index in [9.17, 15) is 9.59 Å². The Labute approximate surface area is 129 Å². The first-order valence-electron chi connectivity index (χ1n) is 7.25. The van der Waals surface area contributed by atoms with Crippen LogP contribution < -0.4 is 4.74 Å². The molecule has 1 aliphatic carbocycles. The van der Waals surface area contributed by atoms with Crippen molar-refractivity contribution < 1.29 is 14.3 Å². The fourth-order valence-electron chi connectivity index (χ4n) is 3.03. The molecule has 2 aromatic rings. The first kappa shape index (κ1) is 14.4. The average molecular weight is 295 g/mol. The number of ketones is 2. The molecule has 3 rings (SSSR count). The zero-order chi connectivity index (χ0) is 15.7. The van der Waals surface area contributed by atoms with Crippen LogP contribution in [0, 0.1) is 5.92 Å². The van der Waals surface area contributed by atoms with Crippen LogP contribution >= 0.6 is 0 Å². The molecular weight excluding hydrogens is 278 g/mol. The van der Waals surface area contributed by atoms with E-state index in [4.69, 9.17) is 4.74 Å². The van der Waals surface area contributed by atoms with Crippen molar-refractivity contribution >= 4 is 11.6 Å². The predicted octanol–water partition coefficient (Wildman–Crippen LogP) is 2.89. The van der Waals surface area contributed by atoms with Gasteiger partial charge < -0.3 is 4.74 Å². The summed E-state index contributed by atoms with van der Waals surface area (Å²) in [6.07, 6.45) is 4.49. The fourth-order valence-corrected chi connectivity index (χ4v) is 3.03. The van der Waals surface area contributed by atoms with Gasteiger partial charge in [0, 0.05) is 29.4 Å². The summed E-state index contributed by atoms with van der Waals surface area (Å²) in [5, 5.41) is 0. The van der Waals surface area contributed by atoms with Crippen LogP contribution in [0.2, 0.25) is 0 Å². The van der Waals surface area contributed by atoms with Crippen molar-refractivity contribution in [3.8, 4) is 5.75 Å². The van der Waals surface area contributed by atoms with Crippen LogP contribution in [0.25, 0.3) is 0 Å². The molecule has 22 heavy (non-hydrogen) atoms. The number of nitrogens with zero attached hydrogens (tertiary/aromatic N) is 1. The quantitative estimate of drug-likeness (QED) is 0.814. The van der Waals surface area contributed by atoms with E-state index >= 15 is 0 Å². The second-order valence-electron chi connectivity index (χ2n) is 5.58. The minimum absolute atomic E-state index is 0.0206.